The van der Waals surface area contributed by atoms with E-state index in [0.717, 1.165) is 89.1 Å². The second-order valence-corrected chi connectivity index (χ2v) is 15.2. The Labute approximate surface area is 343 Å². The molecule has 0 spiro atoms. The van der Waals surface area contributed by atoms with Gasteiger partial charge in [-0.2, -0.15) is 23.7 Å². The van der Waals surface area contributed by atoms with Crippen LogP contribution in [0, 0.1) is 36.5 Å². The molecule has 0 bridgehead atoms. The topological polar surface area (TPSA) is 57.4 Å². The fourth-order valence-electron chi connectivity index (χ4n) is 8.92. The van der Waals surface area contributed by atoms with Crippen LogP contribution in [-0.4, -0.2) is 9.13 Å². The maximum atomic E-state index is 14.7. The third-order valence-corrected chi connectivity index (χ3v) is 11.7. The molecule has 0 radical (unpaired) electrons. The highest BCUT2D eigenvalue weighted by Gasteiger charge is 2.33. The van der Waals surface area contributed by atoms with E-state index in [9.17, 15) is 23.7 Å². The molecule has 0 aliphatic heterocycles. The lowest BCUT2D eigenvalue weighted by Gasteiger charge is -2.22. The third kappa shape index (κ3) is 5.74. The first-order valence-corrected chi connectivity index (χ1v) is 19.5. The quantitative estimate of drug-likeness (QED) is 0.175. The van der Waals surface area contributed by atoms with Crippen molar-refractivity contribution in [2.75, 3.05) is 0 Å². The molecular formula is C53H33F3N4. The standard InChI is InChI=1S/C53H33F3N4/c1-32-11-3-5-13-39(32)35-20-23-48-44(27-35)41-15-7-9-17-46(41)59(48)50-25-34(30-57)26-51(52(50)43-29-38(53(54,55)56)22-19-37(43)31-58)60-47-18-10-8-16-42(47)45-28-36(21-24-49(45)60)40-14-6-4-12-33(40)2/h3-29H,1-2H3. The van der Waals surface area contributed by atoms with Gasteiger partial charge in [0, 0.05) is 32.7 Å². The lowest BCUT2D eigenvalue weighted by molar-refractivity contribution is -0.137. The van der Waals surface area contributed by atoms with Crippen molar-refractivity contribution in [3.05, 3.63) is 192 Å². The van der Waals surface area contributed by atoms with Gasteiger partial charge in [0.1, 0.15) is 0 Å². The van der Waals surface area contributed by atoms with E-state index in [4.69, 9.17) is 0 Å². The molecule has 0 unspecified atom stereocenters. The van der Waals surface area contributed by atoms with Crippen LogP contribution in [0.25, 0.3) is 88.4 Å². The highest BCUT2D eigenvalue weighted by Crippen LogP contribution is 2.46. The lowest BCUT2D eigenvalue weighted by Crippen LogP contribution is -2.08. The van der Waals surface area contributed by atoms with E-state index in [1.807, 2.05) is 94.1 Å². The highest BCUT2D eigenvalue weighted by atomic mass is 19.4. The summed E-state index contributed by atoms with van der Waals surface area (Å²) in [5.41, 5.74) is 10.6. The molecule has 8 aromatic carbocycles. The van der Waals surface area contributed by atoms with Crippen molar-refractivity contribution in [2.24, 2.45) is 0 Å². The van der Waals surface area contributed by atoms with Crippen molar-refractivity contribution in [1.82, 2.24) is 9.13 Å². The minimum atomic E-state index is -4.69. The number of aryl methyl sites for hydroxylation is 2. The van der Waals surface area contributed by atoms with Crippen LogP contribution in [0.4, 0.5) is 13.2 Å². The summed E-state index contributed by atoms with van der Waals surface area (Å²) in [6, 6.07) is 55.9. The predicted molar refractivity (Wildman–Crippen MR) is 235 cm³/mol. The Morgan fingerprint density at radius 3 is 1.38 bits per heavy atom. The Hall–Kier alpha value is -7.87. The van der Waals surface area contributed by atoms with Gasteiger partial charge < -0.3 is 9.13 Å². The van der Waals surface area contributed by atoms with Crippen LogP contribution in [0.15, 0.2) is 164 Å². The summed E-state index contributed by atoms with van der Waals surface area (Å²) in [5, 5.41) is 25.1. The molecule has 0 fully saturated rings. The largest absolute Gasteiger partial charge is 0.416 e. The van der Waals surface area contributed by atoms with Gasteiger partial charge in [-0.1, -0.05) is 97.1 Å². The molecule has 4 nitrogen and oxygen atoms in total. The minimum absolute atomic E-state index is 0.0698. The van der Waals surface area contributed by atoms with Gasteiger partial charge in [-0.15, -0.1) is 0 Å². The lowest BCUT2D eigenvalue weighted by atomic mass is 9.93. The Balaban J connectivity index is 1.37. The first-order valence-electron chi connectivity index (χ1n) is 19.5. The Bertz CT molecular complexity index is 3300. The molecule has 0 aliphatic rings. The monoisotopic (exact) mass is 782 g/mol. The molecule has 0 saturated heterocycles. The van der Waals surface area contributed by atoms with Crippen molar-refractivity contribution >= 4 is 43.6 Å². The molecule has 2 heterocycles. The summed E-state index contributed by atoms with van der Waals surface area (Å²) < 4.78 is 48.1. The van der Waals surface area contributed by atoms with E-state index >= 15 is 0 Å². The Morgan fingerprint density at radius 2 is 0.917 bits per heavy atom. The average molecular weight is 783 g/mol. The summed E-state index contributed by atoms with van der Waals surface area (Å²) >= 11 is 0. The van der Waals surface area contributed by atoms with Crippen LogP contribution >= 0.6 is 0 Å². The first kappa shape index (κ1) is 36.5. The average Bonchev–Trinajstić information content (AvgIpc) is 3.78. The zero-order valence-electron chi connectivity index (χ0n) is 32.5. The van der Waals surface area contributed by atoms with Crippen LogP contribution in [0.2, 0.25) is 0 Å². The van der Waals surface area contributed by atoms with Crippen molar-refractivity contribution in [3.63, 3.8) is 0 Å². The van der Waals surface area contributed by atoms with E-state index in [0.29, 0.717) is 22.5 Å². The number of nitriles is 2. The summed E-state index contributed by atoms with van der Waals surface area (Å²) in [6.45, 7) is 4.15. The van der Waals surface area contributed by atoms with Gasteiger partial charge in [-0.3, -0.25) is 0 Å². The van der Waals surface area contributed by atoms with Crippen molar-refractivity contribution < 1.29 is 13.2 Å². The predicted octanol–water partition coefficient (Wildman–Crippen LogP) is 14.3. The molecule has 60 heavy (non-hydrogen) atoms. The van der Waals surface area contributed by atoms with Gasteiger partial charge in [0.25, 0.3) is 0 Å². The number of alkyl halides is 3. The Kier molecular flexibility index (Phi) is 8.45. The minimum Gasteiger partial charge on any atom is -0.308 e. The molecule has 2 aromatic heterocycles. The molecule has 10 aromatic rings. The Morgan fingerprint density at radius 1 is 0.450 bits per heavy atom. The summed E-state index contributed by atoms with van der Waals surface area (Å²) in [4.78, 5) is 0. The zero-order chi connectivity index (χ0) is 41.3. The second kappa shape index (κ2) is 13.9. The second-order valence-electron chi connectivity index (χ2n) is 15.2. The van der Waals surface area contributed by atoms with E-state index in [-0.39, 0.29) is 11.1 Å². The van der Waals surface area contributed by atoms with Gasteiger partial charge in [-0.25, -0.2) is 0 Å². The maximum absolute atomic E-state index is 14.7. The number of para-hydroxylation sites is 2. The SMILES string of the molecule is Cc1ccccc1-c1ccc2c(c1)c1ccccc1n2-c1cc(C#N)cc(-n2c3ccccc3c3cc(-c4ccccc4C)ccc32)c1-c1cc(C(F)(F)F)ccc1C#N. The van der Waals surface area contributed by atoms with Crippen molar-refractivity contribution in [3.8, 4) is 56.9 Å². The molecule has 0 amide bonds. The highest BCUT2D eigenvalue weighted by molar-refractivity contribution is 6.13. The first-order chi connectivity index (χ1) is 29.1. The molecular weight excluding hydrogens is 750 g/mol. The molecule has 0 aliphatic carbocycles. The fourth-order valence-corrected chi connectivity index (χ4v) is 8.92. The van der Waals surface area contributed by atoms with Crippen LogP contribution in [-0.2, 0) is 6.18 Å². The molecule has 0 saturated carbocycles. The van der Waals surface area contributed by atoms with Crippen LogP contribution < -0.4 is 0 Å². The molecule has 0 N–H and O–H groups in total. The smallest absolute Gasteiger partial charge is 0.308 e. The third-order valence-electron chi connectivity index (χ3n) is 11.7. The van der Waals surface area contributed by atoms with Crippen LogP contribution in [0.3, 0.4) is 0 Å². The number of halogens is 3. The zero-order valence-corrected chi connectivity index (χ0v) is 32.5. The number of fused-ring (bicyclic) bond motifs is 6. The van der Waals surface area contributed by atoms with Gasteiger partial charge in [0.05, 0.1) is 62.3 Å². The van der Waals surface area contributed by atoms with Gasteiger partial charge in [0.15, 0.2) is 0 Å². The summed E-state index contributed by atoms with van der Waals surface area (Å²) in [6.07, 6.45) is -4.69. The van der Waals surface area contributed by atoms with E-state index in [1.54, 1.807) is 12.1 Å². The van der Waals surface area contributed by atoms with E-state index < -0.39 is 11.7 Å². The van der Waals surface area contributed by atoms with Gasteiger partial charge in [0.2, 0.25) is 0 Å². The maximum Gasteiger partial charge on any atom is 0.416 e. The molecule has 7 heteroatoms. The van der Waals surface area contributed by atoms with E-state index in [1.165, 1.54) is 6.07 Å². The molecule has 10 rings (SSSR count). The number of hydrogen-bond acceptors (Lipinski definition) is 2. The fraction of sp³-hybridized carbons (Fsp3) is 0.0566. The van der Waals surface area contributed by atoms with Gasteiger partial charge >= 0.3 is 6.18 Å². The van der Waals surface area contributed by atoms with Crippen LogP contribution in [0.1, 0.15) is 27.8 Å². The summed E-state index contributed by atoms with van der Waals surface area (Å²) in [7, 11) is 0. The molecule has 286 valence electrons. The van der Waals surface area contributed by atoms with Gasteiger partial charge in [-0.05, 0) is 114 Å². The number of nitrogens with zero attached hydrogens (tertiary/aromatic N) is 4. The number of benzene rings is 8. The normalized spacial score (nSPS) is 11.7. The van der Waals surface area contributed by atoms with E-state index in [2.05, 4.69) is 74.5 Å². The molecule has 0 atom stereocenters. The summed E-state index contributed by atoms with van der Waals surface area (Å²) in [5.74, 6) is 0. The number of rotatable bonds is 5. The number of aromatic nitrogens is 2. The van der Waals surface area contributed by atoms with Crippen molar-refractivity contribution in [1.29, 1.82) is 10.5 Å². The number of hydrogen-bond donors (Lipinski definition) is 0. The van der Waals surface area contributed by atoms with Crippen LogP contribution in [0.5, 0.6) is 0 Å². The van der Waals surface area contributed by atoms with Crippen molar-refractivity contribution in [2.45, 2.75) is 20.0 Å².